The van der Waals surface area contributed by atoms with Gasteiger partial charge in [-0.1, -0.05) is 30.3 Å². The molecule has 30 heavy (non-hydrogen) atoms. The molecule has 0 radical (unpaired) electrons. The summed E-state index contributed by atoms with van der Waals surface area (Å²) in [4.78, 5) is 12.6. The third-order valence-corrected chi connectivity index (χ3v) is 4.85. The van der Waals surface area contributed by atoms with Gasteiger partial charge in [0.25, 0.3) is 5.91 Å². The molecule has 1 aliphatic heterocycles. The third-order valence-electron chi connectivity index (χ3n) is 4.85. The van der Waals surface area contributed by atoms with E-state index in [1.165, 1.54) is 12.1 Å². The Labute approximate surface area is 180 Å². The van der Waals surface area contributed by atoms with Crippen molar-refractivity contribution in [2.45, 2.75) is 18.6 Å². The minimum atomic E-state index is -0.525. The highest BCUT2D eigenvalue weighted by atomic mass is 35.5. The summed E-state index contributed by atoms with van der Waals surface area (Å²) >= 11 is 0. The second-order valence-corrected chi connectivity index (χ2v) is 7.12. The molecule has 1 aromatic heterocycles. The number of hydrogen-bond donors (Lipinski definition) is 3. The van der Waals surface area contributed by atoms with Crippen molar-refractivity contribution in [3.05, 3.63) is 72.0 Å². The van der Waals surface area contributed by atoms with Crippen LogP contribution in [0.15, 0.2) is 60.7 Å². The Hall–Kier alpha value is -2.87. The predicted molar refractivity (Wildman–Crippen MR) is 115 cm³/mol. The number of nitrogens with one attached hydrogen (secondary N) is 2. The Balaban J connectivity index is 0.00000256. The molecule has 1 fully saturated rings. The summed E-state index contributed by atoms with van der Waals surface area (Å²) in [5, 5.41) is 24.0. The van der Waals surface area contributed by atoms with E-state index in [2.05, 4.69) is 20.8 Å². The molecule has 1 aliphatic rings. The van der Waals surface area contributed by atoms with E-state index in [9.17, 15) is 14.3 Å². The number of rotatable bonds is 4. The molecule has 1 saturated heterocycles. The van der Waals surface area contributed by atoms with Crippen LogP contribution in [0.1, 0.15) is 16.8 Å². The number of aliphatic hydroxyl groups is 1. The molecule has 3 N–H and O–H groups in total. The van der Waals surface area contributed by atoms with Crippen molar-refractivity contribution in [2.75, 3.05) is 13.1 Å². The smallest absolute Gasteiger partial charge is 0.251 e. The Kier molecular flexibility index (Phi) is 7.10. The maximum absolute atomic E-state index is 14.2. The average molecular weight is 429 g/mol. The largest absolute Gasteiger partial charge is 0.392 e. The minimum Gasteiger partial charge on any atom is -0.392 e. The zero-order valence-electron chi connectivity index (χ0n) is 16.1. The zero-order valence-corrected chi connectivity index (χ0v) is 16.9. The van der Waals surface area contributed by atoms with E-state index in [0.717, 1.165) is 5.56 Å². The van der Waals surface area contributed by atoms with Crippen LogP contribution in [0.3, 0.4) is 0 Å². The quantitative estimate of drug-likeness (QED) is 0.594. The number of halogens is 2. The van der Waals surface area contributed by atoms with Crippen LogP contribution in [-0.2, 0) is 0 Å². The molecule has 8 heteroatoms. The van der Waals surface area contributed by atoms with Crippen molar-refractivity contribution in [3.63, 3.8) is 0 Å². The second kappa shape index (κ2) is 9.75. The van der Waals surface area contributed by atoms with Crippen molar-refractivity contribution in [1.82, 2.24) is 20.8 Å². The van der Waals surface area contributed by atoms with Crippen LogP contribution in [0.4, 0.5) is 4.39 Å². The molecule has 0 unspecified atom stereocenters. The molecule has 156 valence electrons. The Morgan fingerprint density at radius 3 is 2.37 bits per heavy atom. The van der Waals surface area contributed by atoms with E-state index in [-0.39, 0.29) is 29.9 Å². The highest BCUT2D eigenvalue weighted by Crippen LogP contribution is 2.22. The SMILES string of the molecule is Cl.O=C(N[C@@H]1CNC[C@H](O)C1)c1cc(F)cc(-c2ccc(-c3ccccc3)nn2)c1. The summed E-state index contributed by atoms with van der Waals surface area (Å²) in [6.45, 7) is 1.07. The third kappa shape index (κ3) is 5.18. The minimum absolute atomic E-state index is 0. The Morgan fingerprint density at radius 2 is 1.70 bits per heavy atom. The van der Waals surface area contributed by atoms with Crippen LogP contribution in [0.5, 0.6) is 0 Å². The fourth-order valence-electron chi connectivity index (χ4n) is 3.42. The normalized spacial score (nSPS) is 18.3. The van der Waals surface area contributed by atoms with E-state index >= 15 is 0 Å². The molecule has 2 heterocycles. The van der Waals surface area contributed by atoms with Crippen LogP contribution in [0, 0.1) is 5.82 Å². The van der Waals surface area contributed by atoms with Gasteiger partial charge in [0.05, 0.1) is 17.5 Å². The molecule has 3 aromatic rings. The number of amides is 1. The number of aromatic nitrogens is 2. The lowest BCUT2D eigenvalue weighted by Gasteiger charge is -2.27. The van der Waals surface area contributed by atoms with Crippen molar-refractivity contribution in [1.29, 1.82) is 0 Å². The van der Waals surface area contributed by atoms with Gasteiger partial charge in [0.1, 0.15) is 5.82 Å². The second-order valence-electron chi connectivity index (χ2n) is 7.12. The summed E-state index contributed by atoms with van der Waals surface area (Å²) in [7, 11) is 0. The summed E-state index contributed by atoms with van der Waals surface area (Å²) in [5.41, 5.74) is 2.81. The maximum atomic E-state index is 14.2. The first kappa shape index (κ1) is 21.8. The van der Waals surface area contributed by atoms with Gasteiger partial charge in [-0.3, -0.25) is 4.79 Å². The zero-order chi connectivity index (χ0) is 20.2. The van der Waals surface area contributed by atoms with Gasteiger partial charge in [-0.15, -0.1) is 22.6 Å². The summed E-state index contributed by atoms with van der Waals surface area (Å²) in [6, 6.07) is 17.1. The van der Waals surface area contributed by atoms with Crippen molar-refractivity contribution < 1.29 is 14.3 Å². The topological polar surface area (TPSA) is 87.1 Å². The molecule has 0 bridgehead atoms. The first-order valence-electron chi connectivity index (χ1n) is 9.48. The van der Waals surface area contributed by atoms with E-state index in [1.807, 2.05) is 36.4 Å². The molecule has 6 nitrogen and oxygen atoms in total. The van der Waals surface area contributed by atoms with Crippen molar-refractivity contribution >= 4 is 18.3 Å². The molecule has 0 spiro atoms. The number of aliphatic hydroxyl groups excluding tert-OH is 1. The van der Waals surface area contributed by atoms with Gasteiger partial charge in [-0.2, -0.15) is 0 Å². The van der Waals surface area contributed by atoms with Crippen molar-refractivity contribution in [2.24, 2.45) is 0 Å². The van der Waals surface area contributed by atoms with Gasteiger partial charge in [-0.05, 0) is 36.8 Å². The number of carbonyl (C=O) groups is 1. The Morgan fingerprint density at radius 1 is 1.00 bits per heavy atom. The van der Waals surface area contributed by atoms with Gasteiger partial charge >= 0.3 is 0 Å². The Bertz CT molecular complexity index is 1000. The number of hydrogen-bond acceptors (Lipinski definition) is 5. The van der Waals surface area contributed by atoms with Crippen LogP contribution < -0.4 is 10.6 Å². The molecular weight excluding hydrogens is 407 g/mol. The summed E-state index contributed by atoms with van der Waals surface area (Å²) < 4.78 is 14.2. The number of β-amino-alcohol motifs (C(OH)–C–C–N with tert-alkyl or cyclic N) is 1. The van der Waals surface area contributed by atoms with Crippen LogP contribution in [0.25, 0.3) is 22.5 Å². The number of carbonyl (C=O) groups excluding carboxylic acids is 1. The molecule has 1 amide bonds. The monoisotopic (exact) mass is 428 g/mol. The highest BCUT2D eigenvalue weighted by Gasteiger charge is 2.22. The van der Waals surface area contributed by atoms with E-state index in [1.54, 1.807) is 12.1 Å². The van der Waals surface area contributed by atoms with Gasteiger partial charge < -0.3 is 15.7 Å². The number of benzene rings is 2. The van der Waals surface area contributed by atoms with Gasteiger partial charge in [-0.25, -0.2) is 4.39 Å². The van der Waals surface area contributed by atoms with Crippen molar-refractivity contribution in [3.8, 4) is 22.5 Å². The lowest BCUT2D eigenvalue weighted by atomic mass is 10.0. The molecule has 2 atom stereocenters. The standard InChI is InChI=1S/C22H21FN4O2.ClH/c23-17-9-15(21-7-6-20(26-27-21)14-4-2-1-3-5-14)8-16(10-17)22(29)25-18-11-19(28)13-24-12-18;/h1-10,18-19,24,28H,11-13H2,(H,25,29);1H/t18-,19+;/m0./s1. The first-order chi connectivity index (χ1) is 14.1. The lowest BCUT2D eigenvalue weighted by Crippen LogP contribution is -2.50. The average Bonchev–Trinajstić information content (AvgIpc) is 2.74. The highest BCUT2D eigenvalue weighted by molar-refractivity contribution is 5.95. The van der Waals surface area contributed by atoms with E-state index < -0.39 is 11.9 Å². The van der Waals surface area contributed by atoms with Crippen LogP contribution in [-0.4, -0.2) is 46.4 Å². The number of nitrogens with zero attached hydrogens (tertiary/aromatic N) is 2. The van der Waals surface area contributed by atoms with Crippen LogP contribution in [0.2, 0.25) is 0 Å². The number of piperidine rings is 1. The van der Waals surface area contributed by atoms with Gasteiger partial charge in [0.15, 0.2) is 0 Å². The van der Waals surface area contributed by atoms with E-state index in [4.69, 9.17) is 0 Å². The molecule has 0 saturated carbocycles. The predicted octanol–water partition coefficient (Wildman–Crippen LogP) is 2.82. The van der Waals surface area contributed by atoms with Crippen LogP contribution >= 0.6 is 12.4 Å². The molecular formula is C22H22ClFN4O2. The van der Waals surface area contributed by atoms with E-state index in [0.29, 0.717) is 36.5 Å². The summed E-state index contributed by atoms with van der Waals surface area (Å²) in [5.74, 6) is -0.913. The maximum Gasteiger partial charge on any atom is 0.251 e. The fourth-order valence-corrected chi connectivity index (χ4v) is 3.42. The first-order valence-corrected chi connectivity index (χ1v) is 9.48. The van der Waals surface area contributed by atoms with Gasteiger partial charge in [0.2, 0.25) is 0 Å². The molecule has 2 aromatic carbocycles. The fraction of sp³-hybridized carbons (Fsp3) is 0.227. The lowest BCUT2D eigenvalue weighted by molar-refractivity contribution is 0.0876. The summed E-state index contributed by atoms with van der Waals surface area (Å²) in [6.07, 6.45) is -0.0385. The molecule has 0 aliphatic carbocycles. The molecule has 4 rings (SSSR count). The van der Waals surface area contributed by atoms with Gasteiger partial charge in [0, 0.05) is 35.8 Å².